The summed E-state index contributed by atoms with van der Waals surface area (Å²) in [6.07, 6.45) is 2.83. The second-order valence-electron chi connectivity index (χ2n) is 6.71. The summed E-state index contributed by atoms with van der Waals surface area (Å²) >= 11 is 1.88. The van der Waals surface area contributed by atoms with Crippen molar-refractivity contribution >= 4 is 44.0 Å². The number of carbonyl (C=O) groups is 1. The van der Waals surface area contributed by atoms with Crippen molar-refractivity contribution in [1.82, 2.24) is 14.9 Å². The lowest BCUT2D eigenvalue weighted by Crippen LogP contribution is -2.47. The molecule has 1 aromatic heterocycles. The highest BCUT2D eigenvalue weighted by Gasteiger charge is 2.28. The molecular formula is C15H23IN6O2. The number of carbonyl (C=O) groups excluding carboxylic acids is 1. The lowest BCUT2D eigenvalue weighted by molar-refractivity contribution is 0.0206. The van der Waals surface area contributed by atoms with Crippen LogP contribution < -0.4 is 11.1 Å². The number of piperidine rings is 1. The maximum Gasteiger partial charge on any atom is 0.410 e. The molecule has 0 bridgehead atoms. The van der Waals surface area contributed by atoms with Gasteiger partial charge < -0.3 is 20.7 Å². The van der Waals surface area contributed by atoms with Crippen molar-refractivity contribution in [3.8, 4) is 0 Å². The van der Waals surface area contributed by atoms with Gasteiger partial charge in [-0.25, -0.2) is 14.8 Å². The van der Waals surface area contributed by atoms with Crippen molar-refractivity contribution in [1.29, 1.82) is 5.41 Å². The van der Waals surface area contributed by atoms with E-state index >= 15 is 0 Å². The fourth-order valence-electron chi connectivity index (χ4n) is 2.51. The molecule has 4 N–H and O–H groups in total. The van der Waals surface area contributed by atoms with Gasteiger partial charge in [-0.3, -0.25) is 5.41 Å². The summed E-state index contributed by atoms with van der Waals surface area (Å²) in [6.45, 7) is 6.76. The average molecular weight is 446 g/mol. The van der Waals surface area contributed by atoms with Gasteiger partial charge in [-0.2, -0.15) is 0 Å². The van der Waals surface area contributed by atoms with Gasteiger partial charge >= 0.3 is 6.09 Å². The van der Waals surface area contributed by atoms with Gasteiger partial charge in [0.05, 0.1) is 5.56 Å². The Hall–Kier alpha value is -1.65. The number of ether oxygens (including phenoxy) is 1. The van der Waals surface area contributed by atoms with E-state index < -0.39 is 5.60 Å². The molecule has 9 heteroatoms. The van der Waals surface area contributed by atoms with Gasteiger partial charge in [0.15, 0.2) is 0 Å². The van der Waals surface area contributed by atoms with Crippen molar-refractivity contribution in [3.63, 3.8) is 0 Å². The van der Waals surface area contributed by atoms with Crippen molar-refractivity contribution in [2.45, 2.75) is 45.3 Å². The third kappa shape index (κ3) is 4.92. The number of rotatable bonds is 3. The zero-order valence-electron chi connectivity index (χ0n) is 14.1. The minimum Gasteiger partial charge on any atom is -0.444 e. The summed E-state index contributed by atoms with van der Waals surface area (Å²) in [5.41, 5.74) is 5.83. The maximum absolute atomic E-state index is 12.2. The van der Waals surface area contributed by atoms with E-state index in [1.165, 1.54) is 6.33 Å². The number of likely N-dealkylation sites (tertiary alicyclic amines) is 1. The number of amides is 1. The predicted octanol–water partition coefficient (Wildman–Crippen LogP) is 2.63. The second kappa shape index (κ2) is 7.49. The molecule has 1 fully saturated rings. The van der Waals surface area contributed by atoms with Crippen molar-refractivity contribution < 1.29 is 9.53 Å². The van der Waals surface area contributed by atoms with Crippen LogP contribution in [0.25, 0.3) is 0 Å². The SMILES string of the molecule is CC(C)(C)OC(=O)N1CCC[C@@H](Nc2ncnc(N)c2C(=N)I)C1. The summed E-state index contributed by atoms with van der Waals surface area (Å²) in [4.78, 5) is 22.1. The number of aromatic nitrogens is 2. The Morgan fingerprint density at radius 2 is 2.21 bits per heavy atom. The third-order valence-electron chi connectivity index (χ3n) is 3.51. The molecule has 8 nitrogen and oxygen atoms in total. The van der Waals surface area contributed by atoms with Gasteiger partial charge in [-0.05, 0) is 56.2 Å². The van der Waals surface area contributed by atoms with Crippen LogP contribution in [0.15, 0.2) is 6.33 Å². The van der Waals surface area contributed by atoms with Crippen LogP contribution in [-0.4, -0.2) is 49.4 Å². The number of nitrogen functional groups attached to an aromatic ring is 1. The Morgan fingerprint density at radius 1 is 1.50 bits per heavy atom. The lowest BCUT2D eigenvalue weighted by atomic mass is 10.1. The van der Waals surface area contributed by atoms with Gasteiger partial charge in [-0.15, -0.1) is 0 Å². The highest BCUT2D eigenvalue weighted by atomic mass is 127. The number of hydrogen-bond acceptors (Lipinski definition) is 7. The molecule has 0 aliphatic carbocycles. The van der Waals surface area contributed by atoms with Crippen LogP contribution >= 0.6 is 22.6 Å². The molecule has 1 amide bonds. The first-order valence-corrected chi connectivity index (χ1v) is 8.84. The molecule has 1 saturated heterocycles. The molecule has 0 saturated carbocycles. The zero-order valence-corrected chi connectivity index (χ0v) is 16.3. The highest BCUT2D eigenvalue weighted by Crippen LogP contribution is 2.24. The smallest absolute Gasteiger partial charge is 0.410 e. The van der Waals surface area contributed by atoms with E-state index in [-0.39, 0.29) is 21.7 Å². The molecule has 0 radical (unpaired) electrons. The third-order valence-corrected chi connectivity index (χ3v) is 4.05. The molecule has 1 aliphatic heterocycles. The number of anilines is 2. The minimum atomic E-state index is -0.512. The largest absolute Gasteiger partial charge is 0.444 e. The normalized spacial score (nSPS) is 18.2. The average Bonchev–Trinajstić information content (AvgIpc) is 2.45. The molecule has 1 aliphatic rings. The summed E-state index contributed by atoms with van der Waals surface area (Å²) in [7, 11) is 0. The summed E-state index contributed by atoms with van der Waals surface area (Å²) in [5, 5.41) is 11.1. The number of nitrogens with one attached hydrogen (secondary N) is 2. The minimum absolute atomic E-state index is 0.0232. The second-order valence-corrected chi connectivity index (χ2v) is 7.79. The topological polar surface area (TPSA) is 117 Å². The van der Waals surface area contributed by atoms with Crippen molar-refractivity contribution in [2.75, 3.05) is 24.1 Å². The lowest BCUT2D eigenvalue weighted by Gasteiger charge is -2.34. The van der Waals surface area contributed by atoms with Gasteiger partial charge in [0, 0.05) is 19.1 Å². The zero-order chi connectivity index (χ0) is 17.9. The van der Waals surface area contributed by atoms with Crippen LogP contribution in [-0.2, 0) is 4.74 Å². The monoisotopic (exact) mass is 446 g/mol. The summed E-state index contributed by atoms with van der Waals surface area (Å²) in [6, 6.07) is 0.0232. The summed E-state index contributed by atoms with van der Waals surface area (Å²) in [5.74, 6) is 0.796. The van der Waals surface area contributed by atoms with Gasteiger partial charge in [0.25, 0.3) is 0 Å². The van der Waals surface area contributed by atoms with E-state index in [0.29, 0.717) is 24.5 Å². The number of hydrogen-bond donors (Lipinski definition) is 3. The van der Waals surface area contributed by atoms with E-state index in [4.69, 9.17) is 15.9 Å². The highest BCUT2D eigenvalue weighted by molar-refractivity contribution is 14.1. The van der Waals surface area contributed by atoms with Crippen molar-refractivity contribution in [2.24, 2.45) is 0 Å². The Kier molecular flexibility index (Phi) is 5.83. The number of nitrogens with two attached hydrogens (primary N) is 1. The molecule has 0 aromatic carbocycles. The standard InChI is InChI=1S/C15H23IN6O2/c1-15(2,3)24-14(23)22-6-4-5-9(7-22)21-13-10(11(16)17)12(18)19-8-20-13/h8-9,17H,4-7H2,1-3H3,(H3,18,19,20,21)/t9-/m1/s1. The fourth-order valence-corrected chi connectivity index (χ4v) is 3.04. The Labute approximate surface area is 155 Å². The van der Waals surface area contributed by atoms with Crippen molar-refractivity contribution in [3.05, 3.63) is 11.9 Å². The summed E-state index contributed by atoms with van der Waals surface area (Å²) < 4.78 is 5.71. The van der Waals surface area contributed by atoms with Crippen LogP contribution in [0.4, 0.5) is 16.4 Å². The Balaban J connectivity index is 2.08. The Bertz CT molecular complexity index is 631. The molecule has 1 aromatic rings. The molecule has 0 unspecified atom stereocenters. The first-order valence-electron chi connectivity index (χ1n) is 7.76. The number of nitrogens with zero attached hydrogens (tertiary/aromatic N) is 3. The maximum atomic E-state index is 12.2. The quantitative estimate of drug-likeness (QED) is 0.486. The van der Waals surface area contributed by atoms with E-state index in [1.807, 2.05) is 43.4 Å². The van der Waals surface area contributed by atoms with E-state index in [9.17, 15) is 4.79 Å². The Morgan fingerprint density at radius 3 is 2.83 bits per heavy atom. The van der Waals surface area contributed by atoms with E-state index in [1.54, 1.807) is 4.90 Å². The van der Waals surface area contributed by atoms with E-state index in [2.05, 4.69) is 15.3 Å². The first-order chi connectivity index (χ1) is 11.2. The first kappa shape index (κ1) is 18.7. The van der Waals surface area contributed by atoms with Crippen LogP contribution in [0.5, 0.6) is 0 Å². The fraction of sp³-hybridized carbons (Fsp3) is 0.600. The van der Waals surface area contributed by atoms with E-state index in [0.717, 1.165) is 12.8 Å². The molecule has 2 rings (SSSR count). The van der Waals surface area contributed by atoms with Crippen LogP contribution in [0, 0.1) is 5.41 Å². The van der Waals surface area contributed by atoms with Gasteiger partial charge in [0.1, 0.15) is 27.3 Å². The van der Waals surface area contributed by atoms with Crippen LogP contribution in [0.1, 0.15) is 39.2 Å². The molecular weight excluding hydrogens is 423 g/mol. The molecule has 132 valence electrons. The molecule has 0 spiro atoms. The van der Waals surface area contributed by atoms with Gasteiger partial charge in [-0.1, -0.05) is 0 Å². The van der Waals surface area contributed by atoms with Gasteiger partial charge in [0.2, 0.25) is 0 Å². The number of halogens is 1. The predicted molar refractivity (Wildman–Crippen MR) is 102 cm³/mol. The molecule has 24 heavy (non-hydrogen) atoms. The van der Waals surface area contributed by atoms with Crippen LogP contribution in [0.2, 0.25) is 0 Å². The molecule has 2 heterocycles. The molecule has 1 atom stereocenters. The van der Waals surface area contributed by atoms with Crippen LogP contribution in [0.3, 0.4) is 0 Å².